The molecule has 2 aliphatic rings. The summed E-state index contributed by atoms with van der Waals surface area (Å²) in [5.74, 6) is -1.10. The van der Waals surface area contributed by atoms with Gasteiger partial charge in [0.05, 0.1) is 4.91 Å². The van der Waals surface area contributed by atoms with Crippen molar-refractivity contribution in [3.05, 3.63) is 70.4 Å². The number of nitrogens with one attached hydrogen (secondary N) is 1. The van der Waals surface area contributed by atoms with Crippen molar-refractivity contribution < 1.29 is 18.8 Å². The van der Waals surface area contributed by atoms with Gasteiger partial charge in [-0.2, -0.15) is 0 Å². The van der Waals surface area contributed by atoms with Crippen molar-refractivity contribution in [2.45, 2.75) is 19.4 Å². The molecular formula is C23H22FN3O3S. The van der Waals surface area contributed by atoms with Crippen molar-refractivity contribution in [1.29, 1.82) is 0 Å². The molecule has 0 radical (unpaired) electrons. The highest BCUT2D eigenvalue weighted by Gasteiger charge is 2.35. The third-order valence-electron chi connectivity index (χ3n) is 5.47. The van der Waals surface area contributed by atoms with Gasteiger partial charge in [-0.15, -0.1) is 0 Å². The summed E-state index contributed by atoms with van der Waals surface area (Å²) in [7, 11) is 0. The molecule has 1 fully saturated rings. The van der Waals surface area contributed by atoms with Crippen LogP contribution in [0.25, 0.3) is 6.08 Å². The third kappa shape index (κ3) is 4.34. The highest BCUT2D eigenvalue weighted by Crippen LogP contribution is 2.32. The van der Waals surface area contributed by atoms with E-state index in [1.165, 1.54) is 17.7 Å². The number of carbonyl (C=O) groups excluding carboxylic acids is 3. The smallest absolute Gasteiger partial charge is 0.293 e. The molecule has 2 heterocycles. The summed E-state index contributed by atoms with van der Waals surface area (Å²) in [5.41, 5.74) is 2.54. The Morgan fingerprint density at radius 3 is 2.74 bits per heavy atom. The van der Waals surface area contributed by atoms with E-state index >= 15 is 0 Å². The van der Waals surface area contributed by atoms with Crippen LogP contribution in [0.3, 0.4) is 0 Å². The van der Waals surface area contributed by atoms with E-state index in [1.807, 2.05) is 25.1 Å². The highest BCUT2D eigenvalue weighted by molar-refractivity contribution is 8.18. The van der Waals surface area contributed by atoms with E-state index in [-0.39, 0.29) is 35.5 Å². The van der Waals surface area contributed by atoms with Crippen LogP contribution in [-0.2, 0) is 16.0 Å². The summed E-state index contributed by atoms with van der Waals surface area (Å²) in [6.45, 7) is 2.84. The summed E-state index contributed by atoms with van der Waals surface area (Å²) < 4.78 is 13.8. The molecule has 4 rings (SSSR count). The molecule has 0 spiro atoms. The maximum absolute atomic E-state index is 13.8. The molecule has 6 nitrogen and oxygen atoms in total. The summed E-state index contributed by atoms with van der Waals surface area (Å²) in [6.07, 6.45) is 2.28. The number of thioether (sulfide) groups is 1. The molecule has 1 unspecified atom stereocenters. The average Bonchev–Trinajstić information content (AvgIpc) is 3.31. The number of anilines is 1. The lowest BCUT2D eigenvalue weighted by Crippen LogP contribution is -2.46. The molecule has 0 aromatic heterocycles. The van der Waals surface area contributed by atoms with Gasteiger partial charge in [-0.3, -0.25) is 19.3 Å². The van der Waals surface area contributed by atoms with Crippen LogP contribution in [0.15, 0.2) is 53.4 Å². The van der Waals surface area contributed by atoms with Crippen LogP contribution in [0.4, 0.5) is 14.9 Å². The molecule has 0 aliphatic carbocycles. The van der Waals surface area contributed by atoms with Crippen molar-refractivity contribution in [3.8, 4) is 0 Å². The molecule has 3 amide bonds. The standard InChI is InChI=1S/C23H22FN3O3S/c1-15(26-12-10-16-6-3-5-9-19(16)26)21(28)25-11-13-27-22(29)20(31-23(27)30)14-17-7-2-4-8-18(17)24/h2-9,14-15H,10-13H2,1H3,(H,25,28)/b20-14+. The molecule has 2 aromatic rings. The second-order valence-corrected chi connectivity index (χ2v) is 8.39. The summed E-state index contributed by atoms with van der Waals surface area (Å²) >= 11 is 0.774. The van der Waals surface area contributed by atoms with Crippen molar-refractivity contribution >= 4 is 40.6 Å². The Bertz CT molecular complexity index is 1070. The van der Waals surface area contributed by atoms with Crippen LogP contribution in [-0.4, -0.2) is 47.6 Å². The van der Waals surface area contributed by atoms with Gasteiger partial charge in [-0.05, 0) is 48.9 Å². The zero-order chi connectivity index (χ0) is 22.0. The first-order chi connectivity index (χ1) is 15.0. The molecule has 8 heteroatoms. The van der Waals surface area contributed by atoms with E-state index in [1.54, 1.807) is 18.2 Å². The van der Waals surface area contributed by atoms with Crippen LogP contribution in [0, 0.1) is 5.82 Å². The first kappa shape index (κ1) is 21.1. The minimum atomic E-state index is -0.478. The second kappa shape index (κ2) is 8.93. The Morgan fingerprint density at radius 2 is 1.94 bits per heavy atom. The van der Waals surface area contributed by atoms with Gasteiger partial charge < -0.3 is 10.2 Å². The van der Waals surface area contributed by atoms with Crippen LogP contribution >= 0.6 is 11.8 Å². The molecule has 2 aliphatic heterocycles. The van der Waals surface area contributed by atoms with E-state index in [0.29, 0.717) is 0 Å². The van der Waals surface area contributed by atoms with E-state index in [4.69, 9.17) is 0 Å². The molecule has 0 saturated carbocycles. The number of hydrogen-bond acceptors (Lipinski definition) is 5. The number of rotatable bonds is 6. The molecule has 0 bridgehead atoms. The minimum Gasteiger partial charge on any atom is -0.359 e. The van der Waals surface area contributed by atoms with E-state index < -0.39 is 17.0 Å². The first-order valence-corrected chi connectivity index (χ1v) is 10.9. The van der Waals surface area contributed by atoms with Crippen LogP contribution in [0.5, 0.6) is 0 Å². The van der Waals surface area contributed by atoms with Gasteiger partial charge in [-0.1, -0.05) is 36.4 Å². The van der Waals surface area contributed by atoms with Crippen LogP contribution in [0.2, 0.25) is 0 Å². The molecule has 160 valence electrons. The molecule has 1 atom stereocenters. The molecule has 1 N–H and O–H groups in total. The van der Waals surface area contributed by atoms with E-state index in [9.17, 15) is 18.8 Å². The van der Waals surface area contributed by atoms with Crippen molar-refractivity contribution in [3.63, 3.8) is 0 Å². The number of fused-ring (bicyclic) bond motifs is 1. The number of hydrogen-bond donors (Lipinski definition) is 1. The summed E-state index contributed by atoms with van der Waals surface area (Å²) in [5, 5.41) is 2.39. The Labute approximate surface area is 184 Å². The van der Waals surface area contributed by atoms with Gasteiger partial charge in [0.15, 0.2) is 0 Å². The monoisotopic (exact) mass is 439 g/mol. The lowest BCUT2D eigenvalue weighted by molar-refractivity contribution is -0.124. The molecule has 2 aromatic carbocycles. The second-order valence-electron chi connectivity index (χ2n) is 7.39. The van der Waals surface area contributed by atoms with Gasteiger partial charge in [0.1, 0.15) is 11.9 Å². The molecule has 31 heavy (non-hydrogen) atoms. The third-order valence-corrected chi connectivity index (χ3v) is 6.38. The fourth-order valence-corrected chi connectivity index (χ4v) is 4.63. The van der Waals surface area contributed by atoms with Crippen molar-refractivity contribution in [2.24, 2.45) is 0 Å². The lowest BCUT2D eigenvalue weighted by atomic mass is 10.1. The number of halogens is 1. The lowest BCUT2D eigenvalue weighted by Gasteiger charge is -2.26. The van der Waals surface area contributed by atoms with Crippen LogP contribution in [0.1, 0.15) is 18.1 Å². The zero-order valence-electron chi connectivity index (χ0n) is 17.0. The van der Waals surface area contributed by atoms with Gasteiger partial charge in [0, 0.05) is 30.9 Å². The van der Waals surface area contributed by atoms with Gasteiger partial charge in [0.25, 0.3) is 11.1 Å². The maximum atomic E-state index is 13.8. The Balaban J connectivity index is 1.33. The quantitative estimate of drug-likeness (QED) is 0.699. The highest BCUT2D eigenvalue weighted by atomic mass is 32.2. The van der Waals surface area contributed by atoms with E-state index in [0.717, 1.165) is 35.3 Å². The topological polar surface area (TPSA) is 69.7 Å². The number of imide groups is 1. The van der Waals surface area contributed by atoms with E-state index in [2.05, 4.69) is 16.3 Å². The number of benzene rings is 2. The van der Waals surface area contributed by atoms with Gasteiger partial charge in [-0.25, -0.2) is 4.39 Å². The number of carbonyl (C=O) groups is 3. The Morgan fingerprint density at radius 1 is 1.19 bits per heavy atom. The summed E-state index contributed by atoms with van der Waals surface area (Å²) in [6, 6.07) is 13.7. The minimum absolute atomic E-state index is 0.0638. The Kier molecular flexibility index (Phi) is 6.08. The summed E-state index contributed by atoms with van der Waals surface area (Å²) in [4.78, 5) is 40.7. The van der Waals surface area contributed by atoms with Crippen LogP contribution < -0.4 is 10.2 Å². The number of nitrogens with zero attached hydrogens (tertiary/aromatic N) is 2. The average molecular weight is 440 g/mol. The normalized spacial score (nSPS) is 17.9. The first-order valence-electron chi connectivity index (χ1n) is 10.1. The predicted octanol–water partition coefficient (Wildman–Crippen LogP) is 3.43. The fraction of sp³-hybridized carbons (Fsp3) is 0.261. The fourth-order valence-electron chi connectivity index (χ4n) is 3.77. The predicted molar refractivity (Wildman–Crippen MR) is 119 cm³/mol. The number of para-hydroxylation sites is 1. The zero-order valence-corrected chi connectivity index (χ0v) is 17.8. The van der Waals surface area contributed by atoms with Gasteiger partial charge in [0.2, 0.25) is 5.91 Å². The SMILES string of the molecule is CC(C(=O)NCCN1C(=O)S/C(=C/c2ccccc2F)C1=O)N1CCc2ccccc21. The number of amides is 3. The van der Waals surface area contributed by atoms with Crippen molar-refractivity contribution in [1.82, 2.24) is 10.2 Å². The largest absolute Gasteiger partial charge is 0.359 e. The van der Waals surface area contributed by atoms with Crippen molar-refractivity contribution in [2.75, 3.05) is 24.5 Å². The Hall–Kier alpha value is -3.13. The molecular weight excluding hydrogens is 417 g/mol. The molecule has 1 saturated heterocycles. The maximum Gasteiger partial charge on any atom is 0.293 e. The van der Waals surface area contributed by atoms with Gasteiger partial charge >= 0.3 is 0 Å².